The first-order valence-corrected chi connectivity index (χ1v) is 5.22. The lowest BCUT2D eigenvalue weighted by molar-refractivity contribution is 0.387. The average molecular weight is 183 g/mol. The predicted octanol–water partition coefficient (Wildman–Crippen LogP) is 0.608. The fourth-order valence-electron chi connectivity index (χ4n) is 1.68. The van der Waals surface area contributed by atoms with Crippen LogP contribution in [0.5, 0.6) is 0 Å². The second-order valence-corrected chi connectivity index (χ2v) is 3.60. The van der Waals surface area contributed by atoms with Crippen LogP contribution in [0.4, 0.5) is 0 Å². The Morgan fingerprint density at radius 3 is 2.85 bits per heavy atom. The van der Waals surface area contributed by atoms with Crippen LogP contribution in [0.1, 0.15) is 32.1 Å². The first-order valence-electron chi connectivity index (χ1n) is 5.22. The van der Waals surface area contributed by atoms with E-state index in [1.807, 2.05) is 6.29 Å². The predicted molar refractivity (Wildman–Crippen MR) is 53.4 cm³/mol. The summed E-state index contributed by atoms with van der Waals surface area (Å²) in [5.74, 6) is 0. The summed E-state index contributed by atoms with van der Waals surface area (Å²) in [6.45, 7) is 3.28. The van der Waals surface area contributed by atoms with Crippen molar-refractivity contribution in [2.75, 3.05) is 19.6 Å². The maximum absolute atomic E-state index is 9.92. The van der Waals surface area contributed by atoms with Gasteiger partial charge in [0.05, 0.1) is 0 Å². The quantitative estimate of drug-likeness (QED) is 0.593. The molecule has 1 radical (unpaired) electrons. The van der Waals surface area contributed by atoms with Gasteiger partial charge in [0.1, 0.15) is 0 Å². The van der Waals surface area contributed by atoms with E-state index in [1.165, 1.54) is 12.8 Å². The first kappa shape index (κ1) is 10.7. The van der Waals surface area contributed by atoms with Crippen LogP contribution >= 0.6 is 0 Å². The minimum atomic E-state index is 0.607. The second kappa shape index (κ2) is 7.04. The van der Waals surface area contributed by atoms with Gasteiger partial charge in [-0.25, -0.2) is 0 Å². The van der Waals surface area contributed by atoms with Crippen LogP contribution in [0, 0.1) is 0 Å². The molecule has 3 heteroatoms. The second-order valence-electron chi connectivity index (χ2n) is 3.60. The Hall–Kier alpha value is -0.410. The smallest absolute Gasteiger partial charge is 0.198 e. The molecule has 2 N–H and O–H groups in total. The first-order chi connectivity index (χ1) is 6.43. The largest absolute Gasteiger partial charge is 0.314 e. The van der Waals surface area contributed by atoms with Gasteiger partial charge in [0, 0.05) is 32.1 Å². The van der Waals surface area contributed by atoms with Crippen LogP contribution in [-0.4, -0.2) is 32.0 Å². The van der Waals surface area contributed by atoms with E-state index in [9.17, 15) is 4.79 Å². The van der Waals surface area contributed by atoms with E-state index in [1.54, 1.807) is 0 Å². The third kappa shape index (κ3) is 5.01. The molecule has 0 aromatic carbocycles. The molecule has 1 aliphatic heterocycles. The molecule has 0 aromatic heterocycles. The zero-order chi connectivity index (χ0) is 9.36. The number of nitrogens with one attached hydrogen (secondary N) is 2. The van der Waals surface area contributed by atoms with Gasteiger partial charge < -0.3 is 10.6 Å². The van der Waals surface area contributed by atoms with Gasteiger partial charge in [-0.15, -0.1) is 0 Å². The molecule has 1 unspecified atom stereocenters. The highest BCUT2D eigenvalue weighted by atomic mass is 16.1. The Labute approximate surface area is 80.3 Å². The maximum Gasteiger partial charge on any atom is 0.198 e. The molecule has 0 saturated carbocycles. The molecule has 0 bridgehead atoms. The number of piperazine rings is 1. The fourth-order valence-corrected chi connectivity index (χ4v) is 1.68. The van der Waals surface area contributed by atoms with Crippen molar-refractivity contribution in [1.82, 2.24) is 10.6 Å². The molecule has 3 nitrogen and oxygen atoms in total. The SMILES string of the molecule is O=[C]CCCCCC1CNCCN1. The van der Waals surface area contributed by atoms with Gasteiger partial charge in [-0.1, -0.05) is 12.8 Å². The fraction of sp³-hybridized carbons (Fsp3) is 0.900. The highest BCUT2D eigenvalue weighted by Crippen LogP contribution is 2.05. The summed E-state index contributed by atoms with van der Waals surface area (Å²) >= 11 is 0. The zero-order valence-corrected chi connectivity index (χ0v) is 8.14. The molecule has 0 aromatic rings. The number of hydrogen-bond acceptors (Lipinski definition) is 3. The highest BCUT2D eigenvalue weighted by Gasteiger charge is 2.10. The van der Waals surface area contributed by atoms with E-state index < -0.39 is 0 Å². The van der Waals surface area contributed by atoms with Gasteiger partial charge in [0.2, 0.25) is 0 Å². The van der Waals surface area contributed by atoms with Gasteiger partial charge >= 0.3 is 0 Å². The number of hydrogen-bond donors (Lipinski definition) is 2. The molecule has 1 rings (SSSR count). The topological polar surface area (TPSA) is 41.1 Å². The molecule has 1 heterocycles. The van der Waals surface area contributed by atoms with Crippen LogP contribution in [0.3, 0.4) is 0 Å². The van der Waals surface area contributed by atoms with Crippen molar-refractivity contribution in [2.24, 2.45) is 0 Å². The summed E-state index contributed by atoms with van der Waals surface area (Å²) < 4.78 is 0. The number of carbonyl (C=O) groups excluding carboxylic acids is 1. The molecular formula is C10H19N2O. The van der Waals surface area contributed by atoms with E-state index in [0.29, 0.717) is 12.5 Å². The van der Waals surface area contributed by atoms with Gasteiger partial charge in [0.25, 0.3) is 0 Å². The van der Waals surface area contributed by atoms with Crippen molar-refractivity contribution < 1.29 is 4.79 Å². The summed E-state index contributed by atoms with van der Waals surface area (Å²) in [4.78, 5) is 9.92. The van der Waals surface area contributed by atoms with E-state index in [-0.39, 0.29) is 0 Å². The van der Waals surface area contributed by atoms with E-state index in [0.717, 1.165) is 32.5 Å². The van der Waals surface area contributed by atoms with Crippen LogP contribution < -0.4 is 10.6 Å². The Morgan fingerprint density at radius 2 is 2.15 bits per heavy atom. The summed E-state index contributed by atoms with van der Waals surface area (Å²) in [6.07, 6.45) is 7.15. The van der Waals surface area contributed by atoms with E-state index in [2.05, 4.69) is 10.6 Å². The van der Waals surface area contributed by atoms with Gasteiger partial charge in [0.15, 0.2) is 6.29 Å². The Morgan fingerprint density at radius 1 is 1.23 bits per heavy atom. The molecule has 1 atom stereocenters. The van der Waals surface area contributed by atoms with Crippen molar-refractivity contribution in [3.63, 3.8) is 0 Å². The van der Waals surface area contributed by atoms with Gasteiger partial charge in [-0.05, 0) is 12.8 Å². The normalized spacial score (nSPS) is 22.9. The summed E-state index contributed by atoms with van der Waals surface area (Å²) in [5.41, 5.74) is 0. The molecule has 75 valence electrons. The summed E-state index contributed by atoms with van der Waals surface area (Å²) in [7, 11) is 0. The van der Waals surface area contributed by atoms with Crippen molar-refractivity contribution >= 4 is 6.29 Å². The summed E-state index contributed by atoms with van der Waals surface area (Å²) in [6, 6.07) is 0.647. The number of unbranched alkanes of at least 4 members (excludes halogenated alkanes) is 3. The molecule has 1 saturated heterocycles. The van der Waals surface area contributed by atoms with Gasteiger partial charge in [-0.3, -0.25) is 4.79 Å². The van der Waals surface area contributed by atoms with Crippen molar-refractivity contribution in [1.29, 1.82) is 0 Å². The summed E-state index contributed by atoms with van der Waals surface area (Å²) in [5, 5.41) is 6.83. The molecule has 0 aliphatic carbocycles. The minimum absolute atomic E-state index is 0.607. The Balaban J connectivity index is 1.89. The Bertz CT molecular complexity index is 133. The monoisotopic (exact) mass is 183 g/mol. The van der Waals surface area contributed by atoms with Crippen LogP contribution in [0.25, 0.3) is 0 Å². The lowest BCUT2D eigenvalue weighted by atomic mass is 10.1. The van der Waals surface area contributed by atoms with E-state index in [4.69, 9.17) is 0 Å². The highest BCUT2D eigenvalue weighted by molar-refractivity contribution is 5.50. The molecule has 1 aliphatic rings. The standard InChI is InChI=1S/C10H19N2O/c13-8-4-2-1-3-5-10-9-11-6-7-12-10/h10-12H,1-7,9H2. The van der Waals surface area contributed by atoms with Crippen molar-refractivity contribution in [3.05, 3.63) is 0 Å². The number of rotatable bonds is 6. The van der Waals surface area contributed by atoms with Crippen LogP contribution in [0.15, 0.2) is 0 Å². The van der Waals surface area contributed by atoms with Crippen molar-refractivity contribution in [3.8, 4) is 0 Å². The molecule has 13 heavy (non-hydrogen) atoms. The van der Waals surface area contributed by atoms with Crippen LogP contribution in [-0.2, 0) is 4.79 Å². The van der Waals surface area contributed by atoms with Gasteiger partial charge in [-0.2, -0.15) is 0 Å². The molecular weight excluding hydrogens is 164 g/mol. The van der Waals surface area contributed by atoms with E-state index >= 15 is 0 Å². The molecule has 0 amide bonds. The molecule has 0 spiro atoms. The third-order valence-electron chi connectivity index (χ3n) is 2.46. The zero-order valence-electron chi connectivity index (χ0n) is 8.14. The van der Waals surface area contributed by atoms with Crippen molar-refractivity contribution in [2.45, 2.75) is 38.1 Å². The average Bonchev–Trinajstić information content (AvgIpc) is 2.19. The van der Waals surface area contributed by atoms with Crippen LogP contribution in [0.2, 0.25) is 0 Å². The molecule has 1 fully saturated rings. The lowest BCUT2D eigenvalue weighted by Gasteiger charge is -2.24. The third-order valence-corrected chi connectivity index (χ3v) is 2.46. The minimum Gasteiger partial charge on any atom is -0.314 e. The Kier molecular flexibility index (Phi) is 5.78. The lowest BCUT2D eigenvalue weighted by Crippen LogP contribution is -2.48. The maximum atomic E-state index is 9.92.